The summed E-state index contributed by atoms with van der Waals surface area (Å²) in [6.45, 7) is 5.13. The Labute approximate surface area is 205 Å². The Kier molecular flexibility index (Phi) is 6.17. The number of aromatic nitrogens is 2. The summed E-state index contributed by atoms with van der Waals surface area (Å²) < 4.78 is 28.2. The van der Waals surface area contributed by atoms with Crippen LogP contribution in [0.4, 0.5) is 5.69 Å². The summed E-state index contributed by atoms with van der Waals surface area (Å²) in [5.41, 5.74) is 3.36. The normalized spacial score (nSPS) is 19.0. The van der Waals surface area contributed by atoms with Gasteiger partial charge in [-0.3, -0.25) is 4.79 Å². The summed E-state index contributed by atoms with van der Waals surface area (Å²) in [5.74, 6) is 0.863. The van der Waals surface area contributed by atoms with Gasteiger partial charge in [-0.15, -0.1) is 0 Å². The number of benzene rings is 3. The maximum atomic E-state index is 13.3. The van der Waals surface area contributed by atoms with E-state index in [0.717, 1.165) is 23.0 Å². The van der Waals surface area contributed by atoms with Crippen molar-refractivity contribution in [3.05, 3.63) is 78.4 Å². The van der Waals surface area contributed by atoms with Gasteiger partial charge in [-0.25, -0.2) is 13.4 Å². The lowest BCUT2D eigenvalue weighted by atomic mass is 9.94. The van der Waals surface area contributed by atoms with Crippen molar-refractivity contribution in [2.24, 2.45) is 11.8 Å². The number of carbonyl (C=O) groups excluding carboxylic acids is 1. The topological polar surface area (TPSA) is 95.2 Å². The number of carbonyl (C=O) groups is 1. The molecule has 1 aliphatic rings. The van der Waals surface area contributed by atoms with Gasteiger partial charge in [0.15, 0.2) is 0 Å². The van der Waals surface area contributed by atoms with Gasteiger partial charge in [-0.2, -0.15) is 4.31 Å². The van der Waals surface area contributed by atoms with Gasteiger partial charge >= 0.3 is 0 Å². The lowest BCUT2D eigenvalue weighted by Crippen LogP contribution is -2.42. The van der Waals surface area contributed by atoms with Crippen molar-refractivity contribution in [1.29, 1.82) is 0 Å². The number of anilines is 1. The average Bonchev–Trinajstić information content (AvgIpc) is 3.28. The third kappa shape index (κ3) is 4.72. The van der Waals surface area contributed by atoms with E-state index < -0.39 is 10.0 Å². The summed E-state index contributed by atoms with van der Waals surface area (Å²) in [6, 6.07) is 21.4. The lowest BCUT2D eigenvalue weighted by molar-refractivity contribution is 0.102. The zero-order chi connectivity index (χ0) is 24.6. The molecule has 3 aromatic carbocycles. The fourth-order valence-corrected chi connectivity index (χ4v) is 6.55. The second-order valence-electron chi connectivity index (χ2n) is 9.40. The second-order valence-corrected chi connectivity index (χ2v) is 11.3. The molecule has 180 valence electrons. The molecule has 0 saturated carbocycles. The van der Waals surface area contributed by atoms with Crippen LogP contribution in [-0.2, 0) is 10.0 Å². The number of nitrogens with one attached hydrogen (secondary N) is 2. The molecule has 1 aromatic heterocycles. The number of aromatic amines is 1. The number of amides is 1. The van der Waals surface area contributed by atoms with Crippen molar-refractivity contribution in [1.82, 2.24) is 14.3 Å². The van der Waals surface area contributed by atoms with Crippen LogP contribution >= 0.6 is 0 Å². The zero-order valence-electron chi connectivity index (χ0n) is 19.7. The van der Waals surface area contributed by atoms with Gasteiger partial charge in [0.1, 0.15) is 5.82 Å². The highest BCUT2D eigenvalue weighted by Crippen LogP contribution is 2.29. The molecule has 1 saturated heterocycles. The van der Waals surface area contributed by atoms with Crippen molar-refractivity contribution in [3.63, 3.8) is 0 Å². The van der Waals surface area contributed by atoms with Crippen LogP contribution in [0.5, 0.6) is 0 Å². The molecule has 2 N–H and O–H groups in total. The molecular formula is C27H28N4O3S. The van der Waals surface area contributed by atoms with Crippen LogP contribution in [0.2, 0.25) is 0 Å². The van der Waals surface area contributed by atoms with E-state index in [1.165, 1.54) is 6.07 Å². The van der Waals surface area contributed by atoms with Crippen LogP contribution in [0, 0.1) is 11.8 Å². The third-order valence-electron chi connectivity index (χ3n) is 6.39. The van der Waals surface area contributed by atoms with Gasteiger partial charge in [0.2, 0.25) is 10.0 Å². The minimum Gasteiger partial charge on any atom is -0.338 e. The molecule has 0 radical (unpaired) electrons. The number of hydrogen-bond donors (Lipinski definition) is 2. The first-order valence-corrected chi connectivity index (χ1v) is 13.2. The van der Waals surface area contributed by atoms with Crippen LogP contribution in [0.25, 0.3) is 22.4 Å². The maximum Gasteiger partial charge on any atom is 0.255 e. The summed E-state index contributed by atoms with van der Waals surface area (Å²) >= 11 is 0. The highest BCUT2D eigenvalue weighted by atomic mass is 32.2. The molecule has 1 fully saturated rings. The first-order chi connectivity index (χ1) is 16.8. The van der Waals surface area contributed by atoms with E-state index in [4.69, 9.17) is 0 Å². The quantitative estimate of drug-likeness (QED) is 0.406. The van der Waals surface area contributed by atoms with Crippen molar-refractivity contribution in [2.75, 3.05) is 18.4 Å². The Morgan fingerprint density at radius 3 is 2.46 bits per heavy atom. The van der Waals surface area contributed by atoms with E-state index in [1.807, 2.05) is 42.5 Å². The Balaban J connectivity index is 1.41. The molecule has 35 heavy (non-hydrogen) atoms. The minimum absolute atomic E-state index is 0.136. The summed E-state index contributed by atoms with van der Waals surface area (Å²) in [4.78, 5) is 21.2. The van der Waals surface area contributed by atoms with Gasteiger partial charge < -0.3 is 10.3 Å². The minimum atomic E-state index is -3.68. The van der Waals surface area contributed by atoms with Gasteiger partial charge in [-0.05, 0) is 60.7 Å². The number of rotatable bonds is 5. The summed E-state index contributed by atoms with van der Waals surface area (Å²) in [5, 5.41) is 2.93. The van der Waals surface area contributed by atoms with E-state index >= 15 is 0 Å². The summed E-state index contributed by atoms with van der Waals surface area (Å²) in [7, 11) is -3.68. The molecular weight excluding hydrogens is 460 g/mol. The molecule has 0 spiro atoms. The van der Waals surface area contributed by atoms with Crippen LogP contribution in [0.3, 0.4) is 0 Å². The van der Waals surface area contributed by atoms with E-state index in [2.05, 4.69) is 29.1 Å². The molecule has 4 aromatic rings. The number of nitrogens with zero attached hydrogens (tertiary/aromatic N) is 2. The Morgan fingerprint density at radius 2 is 1.69 bits per heavy atom. The number of hydrogen-bond acceptors (Lipinski definition) is 4. The number of piperidine rings is 1. The van der Waals surface area contributed by atoms with Gasteiger partial charge in [-0.1, -0.05) is 44.2 Å². The Morgan fingerprint density at radius 1 is 0.971 bits per heavy atom. The average molecular weight is 489 g/mol. The van der Waals surface area contributed by atoms with Gasteiger partial charge in [0, 0.05) is 24.2 Å². The number of imidazole rings is 1. The van der Waals surface area contributed by atoms with Gasteiger partial charge in [0.05, 0.1) is 21.6 Å². The molecule has 2 atom stereocenters. The highest BCUT2D eigenvalue weighted by Gasteiger charge is 2.32. The van der Waals surface area contributed by atoms with Crippen LogP contribution < -0.4 is 5.32 Å². The predicted octanol–water partition coefficient (Wildman–Crippen LogP) is 5.15. The number of H-pyrrole nitrogens is 1. The first kappa shape index (κ1) is 23.3. The molecule has 2 heterocycles. The number of para-hydroxylation sites is 3. The maximum absolute atomic E-state index is 13.3. The fourth-order valence-electron chi connectivity index (χ4n) is 4.82. The van der Waals surface area contributed by atoms with Crippen molar-refractivity contribution in [3.8, 4) is 11.4 Å². The first-order valence-electron chi connectivity index (χ1n) is 11.8. The Hall–Kier alpha value is -3.49. The smallest absolute Gasteiger partial charge is 0.255 e. The van der Waals surface area contributed by atoms with Crippen molar-refractivity contribution < 1.29 is 13.2 Å². The molecule has 7 nitrogen and oxygen atoms in total. The monoisotopic (exact) mass is 488 g/mol. The molecule has 8 heteroatoms. The number of fused-ring (bicyclic) bond motifs is 1. The van der Waals surface area contributed by atoms with Crippen LogP contribution in [0.1, 0.15) is 30.6 Å². The molecule has 0 aliphatic carbocycles. The lowest BCUT2D eigenvalue weighted by Gasteiger charge is -2.34. The van der Waals surface area contributed by atoms with E-state index in [-0.39, 0.29) is 16.4 Å². The summed E-state index contributed by atoms with van der Waals surface area (Å²) in [6.07, 6.45) is 1.01. The fraction of sp³-hybridized carbons (Fsp3) is 0.259. The predicted molar refractivity (Wildman–Crippen MR) is 138 cm³/mol. The largest absolute Gasteiger partial charge is 0.338 e. The molecule has 1 aliphatic heterocycles. The molecule has 0 bridgehead atoms. The molecule has 1 amide bonds. The molecule has 5 rings (SSSR count). The van der Waals surface area contributed by atoms with E-state index in [0.29, 0.717) is 36.4 Å². The van der Waals surface area contributed by atoms with E-state index in [9.17, 15) is 13.2 Å². The van der Waals surface area contributed by atoms with Crippen LogP contribution in [0.15, 0.2) is 77.7 Å². The van der Waals surface area contributed by atoms with Gasteiger partial charge in [0.25, 0.3) is 5.91 Å². The zero-order valence-corrected chi connectivity index (χ0v) is 20.5. The van der Waals surface area contributed by atoms with E-state index in [1.54, 1.807) is 28.6 Å². The second kappa shape index (κ2) is 9.28. The Bertz CT molecular complexity index is 1450. The van der Waals surface area contributed by atoms with Crippen molar-refractivity contribution >= 4 is 32.7 Å². The van der Waals surface area contributed by atoms with Crippen LogP contribution in [-0.4, -0.2) is 41.7 Å². The highest BCUT2D eigenvalue weighted by molar-refractivity contribution is 7.89. The molecule has 2 unspecified atom stereocenters. The standard InChI is InChI=1S/C27H28N4O3S/c1-18-14-19(2)17-31(16-18)35(33,34)21-9-7-8-20(15-21)27(32)30-23-11-4-3-10-22(23)26-28-24-12-5-6-13-25(24)29-26/h3-13,15,18-19H,14,16-17H2,1-2H3,(H,28,29)(H,30,32). The van der Waals surface area contributed by atoms with Crippen molar-refractivity contribution in [2.45, 2.75) is 25.2 Å². The number of sulfonamides is 1. The SMILES string of the molecule is CC1CC(C)CN(S(=O)(=O)c2cccc(C(=O)Nc3ccccc3-c3nc4ccccc4[nH]3)c2)C1. The third-order valence-corrected chi connectivity index (χ3v) is 8.22.